The molecule has 1 aliphatic rings. The van der Waals surface area contributed by atoms with E-state index in [1.807, 2.05) is 91.0 Å². The Balaban J connectivity index is 1.35. The lowest BCUT2D eigenvalue weighted by molar-refractivity contribution is -0.130. The average molecular weight is 511 g/mol. The largest absolute Gasteiger partial charge is 0.369 e. The zero-order valence-electron chi connectivity index (χ0n) is 21.7. The summed E-state index contributed by atoms with van der Waals surface area (Å²) in [4.78, 5) is 44.6. The van der Waals surface area contributed by atoms with E-state index in [0.29, 0.717) is 32.2 Å². The first-order chi connectivity index (χ1) is 18.4. The Morgan fingerprint density at radius 1 is 0.868 bits per heavy atom. The van der Waals surface area contributed by atoms with Crippen molar-refractivity contribution in [2.45, 2.75) is 50.6 Å². The normalized spacial score (nSPS) is 15.1. The molecule has 1 heterocycles. The van der Waals surface area contributed by atoms with Crippen LogP contribution < -0.4 is 11.1 Å². The number of nitrogens with zero attached hydrogens (tertiary/aromatic N) is 2. The molecule has 4 rings (SSSR count). The quantitative estimate of drug-likeness (QED) is 0.360. The molecule has 0 saturated heterocycles. The Hall–Kier alpha value is -4.26. The summed E-state index contributed by atoms with van der Waals surface area (Å²) in [6.07, 6.45) is 2.90. The predicted molar refractivity (Wildman–Crippen MR) is 148 cm³/mol. The summed E-state index contributed by atoms with van der Waals surface area (Å²) in [5.74, 6) is -0.180. The van der Waals surface area contributed by atoms with Gasteiger partial charge in [0.15, 0.2) is 17.3 Å². The molecule has 3 aromatic carbocycles. The van der Waals surface area contributed by atoms with Crippen LogP contribution in [-0.4, -0.2) is 41.0 Å². The zero-order chi connectivity index (χ0) is 27.0. The van der Waals surface area contributed by atoms with Crippen LogP contribution in [0.1, 0.15) is 49.3 Å². The molecular formula is C31H34N4O3. The number of carbonyl (C=O) groups excluding carboxylic acids is 3. The molecule has 3 N–H and O–H groups in total. The van der Waals surface area contributed by atoms with Crippen molar-refractivity contribution in [1.29, 1.82) is 0 Å². The Morgan fingerprint density at radius 2 is 1.42 bits per heavy atom. The smallest absolute Gasteiger partial charge is 0.266 e. The molecule has 3 aromatic rings. The van der Waals surface area contributed by atoms with E-state index in [1.54, 1.807) is 4.90 Å². The molecule has 0 bridgehead atoms. The van der Waals surface area contributed by atoms with Gasteiger partial charge in [-0.25, -0.2) is 4.99 Å². The number of hydrogen-bond acceptors (Lipinski definition) is 5. The van der Waals surface area contributed by atoms with Gasteiger partial charge in [-0.05, 0) is 36.0 Å². The number of nitrogens with one attached hydrogen (secondary N) is 1. The molecule has 0 fully saturated rings. The summed E-state index contributed by atoms with van der Waals surface area (Å²) in [6.45, 7) is 1.85. The van der Waals surface area contributed by atoms with Gasteiger partial charge in [0.05, 0.1) is 6.04 Å². The van der Waals surface area contributed by atoms with Crippen LogP contribution in [0.15, 0.2) is 96.0 Å². The van der Waals surface area contributed by atoms with Gasteiger partial charge in [-0.2, -0.15) is 0 Å². The average Bonchev–Trinajstić information content (AvgIpc) is 3.19. The number of carbonyl (C=O) groups is 3. The summed E-state index contributed by atoms with van der Waals surface area (Å²) in [5, 5.41) is 2.79. The fourth-order valence-electron chi connectivity index (χ4n) is 4.96. The molecule has 0 aromatic heterocycles. The SMILES string of the molecule is CC(=O)N[C@@H](Cc1ccccc1)C(=O)CCCCCN1C(=O)C(c2ccccc2)(c2ccccc2)N=C1N. The third kappa shape index (κ3) is 5.99. The van der Waals surface area contributed by atoms with Crippen molar-refractivity contribution >= 4 is 23.6 Å². The first kappa shape index (κ1) is 26.8. The van der Waals surface area contributed by atoms with E-state index in [9.17, 15) is 14.4 Å². The highest BCUT2D eigenvalue weighted by Gasteiger charge is 2.50. The van der Waals surface area contributed by atoms with Crippen LogP contribution in [0.3, 0.4) is 0 Å². The molecule has 196 valence electrons. The van der Waals surface area contributed by atoms with Crippen molar-refractivity contribution in [3.63, 3.8) is 0 Å². The maximum atomic E-state index is 13.8. The summed E-state index contributed by atoms with van der Waals surface area (Å²) >= 11 is 0. The van der Waals surface area contributed by atoms with Gasteiger partial charge in [-0.15, -0.1) is 0 Å². The van der Waals surface area contributed by atoms with Crippen LogP contribution in [0.25, 0.3) is 0 Å². The monoisotopic (exact) mass is 510 g/mol. The number of ketones is 1. The second kappa shape index (κ2) is 12.3. The summed E-state index contributed by atoms with van der Waals surface area (Å²) in [5.41, 5.74) is 7.65. The number of guanidine groups is 1. The fraction of sp³-hybridized carbons (Fsp3) is 0.290. The molecule has 0 aliphatic carbocycles. The van der Waals surface area contributed by atoms with E-state index in [2.05, 4.69) is 5.32 Å². The topological polar surface area (TPSA) is 105 Å². The highest BCUT2D eigenvalue weighted by molar-refractivity contribution is 6.09. The van der Waals surface area contributed by atoms with E-state index >= 15 is 0 Å². The molecule has 1 aliphatic heterocycles. The molecule has 0 spiro atoms. The minimum absolute atomic E-state index is 0.00884. The first-order valence-electron chi connectivity index (χ1n) is 13.0. The van der Waals surface area contributed by atoms with Gasteiger partial charge in [-0.3, -0.25) is 19.3 Å². The van der Waals surface area contributed by atoms with Gasteiger partial charge in [-0.1, -0.05) is 97.4 Å². The zero-order valence-corrected chi connectivity index (χ0v) is 21.7. The van der Waals surface area contributed by atoms with Crippen molar-refractivity contribution in [3.05, 3.63) is 108 Å². The Kier molecular flexibility index (Phi) is 8.69. The van der Waals surface area contributed by atoms with Crippen molar-refractivity contribution in [2.24, 2.45) is 10.7 Å². The molecule has 1 atom stereocenters. The van der Waals surface area contributed by atoms with E-state index in [1.165, 1.54) is 6.92 Å². The fourth-order valence-corrected chi connectivity index (χ4v) is 4.96. The lowest BCUT2D eigenvalue weighted by Crippen LogP contribution is -2.44. The van der Waals surface area contributed by atoms with Crippen molar-refractivity contribution in [1.82, 2.24) is 10.2 Å². The standard InChI is InChI=1S/C31H34N4O3/c1-23(36)33-27(22-24-14-6-2-7-15-24)28(37)20-12-5-13-21-35-29(38)31(34-30(35)32,25-16-8-3-9-17-25)26-18-10-4-11-19-26/h2-4,6-11,14-19,27H,5,12-13,20-22H2,1H3,(H2,32,34)(H,33,36)/t27-/m0/s1. The van der Waals surface area contributed by atoms with Crippen LogP contribution in [0, 0.1) is 0 Å². The number of amides is 2. The maximum absolute atomic E-state index is 13.8. The summed E-state index contributed by atoms with van der Waals surface area (Å²) in [7, 11) is 0. The van der Waals surface area contributed by atoms with Gasteiger partial charge < -0.3 is 11.1 Å². The number of aliphatic imine (C=N–C) groups is 1. The van der Waals surface area contributed by atoms with Gasteiger partial charge in [0, 0.05) is 19.9 Å². The lowest BCUT2D eigenvalue weighted by Gasteiger charge is -2.27. The molecule has 0 saturated carbocycles. The number of nitrogens with two attached hydrogens (primary N) is 1. The molecule has 7 nitrogen and oxygen atoms in total. The molecule has 7 heteroatoms. The number of benzene rings is 3. The molecule has 38 heavy (non-hydrogen) atoms. The maximum Gasteiger partial charge on any atom is 0.266 e. The van der Waals surface area contributed by atoms with E-state index in [4.69, 9.17) is 10.7 Å². The van der Waals surface area contributed by atoms with Crippen LogP contribution in [0.2, 0.25) is 0 Å². The van der Waals surface area contributed by atoms with Crippen LogP contribution >= 0.6 is 0 Å². The Labute approximate surface area is 223 Å². The second-order valence-electron chi connectivity index (χ2n) is 9.59. The van der Waals surface area contributed by atoms with Crippen molar-refractivity contribution in [2.75, 3.05) is 6.54 Å². The van der Waals surface area contributed by atoms with Crippen molar-refractivity contribution in [3.8, 4) is 0 Å². The third-order valence-corrected chi connectivity index (χ3v) is 6.85. The van der Waals surface area contributed by atoms with E-state index in [0.717, 1.165) is 23.1 Å². The Morgan fingerprint density at radius 3 is 1.97 bits per heavy atom. The van der Waals surface area contributed by atoms with E-state index in [-0.39, 0.29) is 23.6 Å². The van der Waals surface area contributed by atoms with Gasteiger partial charge in [0.25, 0.3) is 5.91 Å². The summed E-state index contributed by atoms with van der Waals surface area (Å²) in [6, 6.07) is 28.1. The highest BCUT2D eigenvalue weighted by Crippen LogP contribution is 2.39. The molecule has 0 unspecified atom stereocenters. The molecule has 0 radical (unpaired) electrons. The summed E-state index contributed by atoms with van der Waals surface area (Å²) < 4.78 is 0. The highest BCUT2D eigenvalue weighted by atomic mass is 16.2. The molecule has 2 amide bonds. The molecular weight excluding hydrogens is 476 g/mol. The van der Waals surface area contributed by atoms with Crippen LogP contribution in [0.5, 0.6) is 0 Å². The number of rotatable bonds is 12. The van der Waals surface area contributed by atoms with Gasteiger partial charge >= 0.3 is 0 Å². The van der Waals surface area contributed by atoms with Gasteiger partial charge in [0.2, 0.25) is 5.91 Å². The second-order valence-corrected chi connectivity index (χ2v) is 9.59. The van der Waals surface area contributed by atoms with Crippen molar-refractivity contribution < 1.29 is 14.4 Å². The number of Topliss-reactive ketones (excluding diaryl/α,β-unsaturated/α-hetero) is 1. The lowest BCUT2D eigenvalue weighted by atomic mass is 9.83. The van der Waals surface area contributed by atoms with Crippen LogP contribution in [0.4, 0.5) is 0 Å². The van der Waals surface area contributed by atoms with Gasteiger partial charge in [0.1, 0.15) is 0 Å². The minimum Gasteiger partial charge on any atom is -0.369 e. The number of unbranched alkanes of at least 4 members (excludes halogenated alkanes) is 2. The predicted octanol–water partition coefficient (Wildman–Crippen LogP) is 3.96. The first-order valence-corrected chi connectivity index (χ1v) is 13.0. The Bertz CT molecular complexity index is 1240. The third-order valence-electron chi connectivity index (χ3n) is 6.85. The number of hydrogen-bond donors (Lipinski definition) is 2. The van der Waals surface area contributed by atoms with Crippen LogP contribution in [-0.2, 0) is 26.3 Å². The van der Waals surface area contributed by atoms with E-state index < -0.39 is 11.6 Å². The minimum atomic E-state index is -1.20.